The van der Waals surface area contributed by atoms with E-state index < -0.39 is 5.97 Å². The number of carbonyl (C=O) groups is 1. The number of aryl methyl sites for hydroxylation is 1. The van der Waals surface area contributed by atoms with Crippen molar-refractivity contribution in [1.82, 2.24) is 14.5 Å². The van der Waals surface area contributed by atoms with Crippen LogP contribution in [0.4, 0.5) is 5.82 Å². The second kappa shape index (κ2) is 7.78. The minimum atomic E-state index is -0.456. The molecule has 1 heterocycles. The molecule has 0 fully saturated rings. The molecule has 0 aliphatic heterocycles. The molecule has 0 aliphatic carbocycles. The maximum absolute atomic E-state index is 11.6. The molecule has 108 valence electrons. The van der Waals surface area contributed by atoms with Crippen LogP contribution in [-0.2, 0) is 11.3 Å². The van der Waals surface area contributed by atoms with Gasteiger partial charge in [-0.1, -0.05) is 13.8 Å². The van der Waals surface area contributed by atoms with Crippen molar-refractivity contribution in [3.63, 3.8) is 0 Å². The van der Waals surface area contributed by atoms with Crippen molar-refractivity contribution in [3.05, 3.63) is 12.0 Å². The average molecular weight is 268 g/mol. The summed E-state index contributed by atoms with van der Waals surface area (Å²) < 4.78 is 6.70. The van der Waals surface area contributed by atoms with Gasteiger partial charge in [-0.3, -0.25) is 0 Å². The molecule has 0 spiro atoms. The Kier molecular flexibility index (Phi) is 6.35. The van der Waals surface area contributed by atoms with E-state index in [1.54, 1.807) is 17.8 Å². The minimum Gasteiger partial charge on any atom is -0.461 e. The number of ether oxygens (including phenoxy) is 1. The average Bonchev–Trinajstić information content (AvgIpc) is 2.77. The monoisotopic (exact) mass is 268 g/mol. The predicted molar refractivity (Wildman–Crippen MR) is 75.0 cm³/mol. The van der Waals surface area contributed by atoms with Gasteiger partial charge in [-0.25, -0.2) is 9.78 Å². The first-order chi connectivity index (χ1) is 9.13. The Balaban J connectivity index is 2.54. The predicted octanol–water partition coefficient (Wildman–Crippen LogP) is 1.37. The molecular formula is C13H24N4O2. The third kappa shape index (κ3) is 4.24. The summed E-state index contributed by atoms with van der Waals surface area (Å²) in [5.74, 6) is -0.0690. The fraction of sp³-hybridized carbons (Fsp3) is 0.692. The summed E-state index contributed by atoms with van der Waals surface area (Å²) in [6.45, 7) is 10.2. The second-order valence-corrected chi connectivity index (χ2v) is 4.27. The third-order valence-corrected chi connectivity index (χ3v) is 3.11. The van der Waals surface area contributed by atoms with Crippen LogP contribution >= 0.6 is 0 Å². The zero-order valence-corrected chi connectivity index (χ0v) is 12.1. The van der Waals surface area contributed by atoms with Gasteiger partial charge in [0.25, 0.3) is 0 Å². The summed E-state index contributed by atoms with van der Waals surface area (Å²) in [4.78, 5) is 17.9. The largest absolute Gasteiger partial charge is 0.461 e. The summed E-state index contributed by atoms with van der Waals surface area (Å²) in [6.07, 6.45) is 2.58. The van der Waals surface area contributed by atoms with Gasteiger partial charge in [0.05, 0.1) is 12.9 Å². The van der Waals surface area contributed by atoms with Gasteiger partial charge < -0.3 is 19.9 Å². The van der Waals surface area contributed by atoms with Crippen molar-refractivity contribution < 1.29 is 9.53 Å². The fourth-order valence-corrected chi connectivity index (χ4v) is 1.93. The van der Waals surface area contributed by atoms with Crippen molar-refractivity contribution in [2.75, 3.05) is 32.0 Å². The van der Waals surface area contributed by atoms with Crippen LogP contribution in [0.25, 0.3) is 0 Å². The number of hydrogen-bond acceptors (Lipinski definition) is 5. The Morgan fingerprint density at radius 3 is 2.68 bits per heavy atom. The van der Waals surface area contributed by atoms with Crippen LogP contribution in [0.15, 0.2) is 6.33 Å². The highest BCUT2D eigenvalue weighted by molar-refractivity contribution is 5.92. The molecule has 0 radical (unpaired) electrons. The SMILES string of the molecule is CCOC(=O)c1ncn(CCCN(CC)CC)c1N. The molecule has 1 rings (SSSR count). The van der Waals surface area contributed by atoms with E-state index in [4.69, 9.17) is 10.5 Å². The number of imidazole rings is 1. The highest BCUT2D eigenvalue weighted by Crippen LogP contribution is 2.12. The smallest absolute Gasteiger partial charge is 0.360 e. The molecule has 6 nitrogen and oxygen atoms in total. The molecule has 0 atom stereocenters. The summed E-state index contributed by atoms with van der Waals surface area (Å²) in [6, 6.07) is 0. The topological polar surface area (TPSA) is 73.4 Å². The highest BCUT2D eigenvalue weighted by atomic mass is 16.5. The number of aromatic nitrogens is 2. The molecule has 0 aliphatic rings. The van der Waals surface area contributed by atoms with Gasteiger partial charge in [0, 0.05) is 6.54 Å². The summed E-state index contributed by atoms with van der Waals surface area (Å²) in [7, 11) is 0. The zero-order valence-electron chi connectivity index (χ0n) is 12.1. The molecule has 1 aromatic rings. The van der Waals surface area contributed by atoms with Crippen LogP contribution in [0, 0.1) is 0 Å². The van der Waals surface area contributed by atoms with Crippen LogP contribution in [0.2, 0.25) is 0 Å². The van der Waals surface area contributed by atoms with Crippen molar-refractivity contribution in [1.29, 1.82) is 0 Å². The first kappa shape index (κ1) is 15.5. The van der Waals surface area contributed by atoms with Crippen molar-refractivity contribution in [2.24, 2.45) is 0 Å². The van der Waals surface area contributed by atoms with E-state index in [2.05, 4.69) is 23.7 Å². The number of rotatable bonds is 8. The molecular weight excluding hydrogens is 244 g/mol. The van der Waals surface area contributed by atoms with E-state index in [1.807, 2.05) is 0 Å². The van der Waals surface area contributed by atoms with Crippen LogP contribution in [0.5, 0.6) is 0 Å². The van der Waals surface area contributed by atoms with E-state index >= 15 is 0 Å². The lowest BCUT2D eigenvalue weighted by Crippen LogP contribution is -2.25. The zero-order chi connectivity index (χ0) is 14.3. The minimum absolute atomic E-state index is 0.213. The van der Waals surface area contributed by atoms with Gasteiger partial charge >= 0.3 is 5.97 Å². The third-order valence-electron chi connectivity index (χ3n) is 3.11. The Bertz CT molecular complexity index is 399. The van der Waals surface area contributed by atoms with Gasteiger partial charge in [-0.15, -0.1) is 0 Å². The summed E-state index contributed by atoms with van der Waals surface area (Å²) in [5, 5.41) is 0. The first-order valence-electron chi connectivity index (χ1n) is 6.84. The van der Waals surface area contributed by atoms with Gasteiger partial charge in [-0.2, -0.15) is 0 Å². The molecule has 0 saturated heterocycles. The molecule has 0 bridgehead atoms. The number of anilines is 1. The lowest BCUT2D eigenvalue weighted by atomic mass is 10.3. The molecule has 1 aromatic heterocycles. The fourth-order valence-electron chi connectivity index (χ4n) is 1.93. The normalized spacial score (nSPS) is 10.9. The van der Waals surface area contributed by atoms with Crippen LogP contribution in [0.1, 0.15) is 37.7 Å². The van der Waals surface area contributed by atoms with E-state index in [0.29, 0.717) is 12.4 Å². The molecule has 0 saturated carbocycles. The van der Waals surface area contributed by atoms with Crippen molar-refractivity contribution in [3.8, 4) is 0 Å². The van der Waals surface area contributed by atoms with Gasteiger partial charge in [-0.05, 0) is 33.0 Å². The molecule has 0 unspecified atom stereocenters. The van der Waals surface area contributed by atoms with Gasteiger partial charge in [0.2, 0.25) is 0 Å². The second-order valence-electron chi connectivity index (χ2n) is 4.27. The maximum atomic E-state index is 11.6. The first-order valence-corrected chi connectivity index (χ1v) is 6.84. The lowest BCUT2D eigenvalue weighted by Gasteiger charge is -2.17. The highest BCUT2D eigenvalue weighted by Gasteiger charge is 2.16. The molecule has 6 heteroatoms. The molecule has 2 N–H and O–H groups in total. The Labute approximate surface area is 114 Å². The summed E-state index contributed by atoms with van der Waals surface area (Å²) >= 11 is 0. The quantitative estimate of drug-likeness (QED) is 0.721. The Morgan fingerprint density at radius 2 is 2.11 bits per heavy atom. The number of nitrogens with zero attached hydrogens (tertiary/aromatic N) is 3. The Morgan fingerprint density at radius 1 is 1.42 bits per heavy atom. The van der Waals surface area contributed by atoms with Gasteiger partial charge in [0.1, 0.15) is 5.82 Å². The molecule has 0 aromatic carbocycles. The number of nitrogen functional groups attached to an aromatic ring is 1. The van der Waals surface area contributed by atoms with Crippen LogP contribution < -0.4 is 5.73 Å². The number of hydrogen-bond donors (Lipinski definition) is 1. The number of esters is 1. The van der Waals surface area contributed by atoms with Gasteiger partial charge in [0.15, 0.2) is 5.69 Å². The van der Waals surface area contributed by atoms with E-state index in [1.165, 1.54) is 0 Å². The maximum Gasteiger partial charge on any atom is 0.360 e. The number of carbonyl (C=O) groups excluding carboxylic acids is 1. The van der Waals surface area contributed by atoms with Crippen LogP contribution in [-0.4, -0.2) is 46.7 Å². The standard InChI is InChI=1S/C13H24N4O2/c1-4-16(5-2)8-7-9-17-10-15-11(12(17)14)13(18)19-6-3/h10H,4-9,14H2,1-3H3. The molecule has 0 amide bonds. The van der Waals surface area contributed by atoms with E-state index in [0.717, 1.165) is 32.6 Å². The van der Waals surface area contributed by atoms with Crippen LogP contribution in [0.3, 0.4) is 0 Å². The lowest BCUT2D eigenvalue weighted by molar-refractivity contribution is 0.0521. The van der Waals surface area contributed by atoms with E-state index in [9.17, 15) is 4.79 Å². The summed E-state index contributed by atoms with van der Waals surface area (Å²) in [5.41, 5.74) is 6.12. The Hall–Kier alpha value is -1.56. The van der Waals surface area contributed by atoms with Crippen molar-refractivity contribution in [2.45, 2.75) is 33.7 Å². The van der Waals surface area contributed by atoms with E-state index in [-0.39, 0.29) is 5.69 Å². The van der Waals surface area contributed by atoms with Crippen molar-refractivity contribution >= 4 is 11.8 Å². The number of nitrogens with two attached hydrogens (primary N) is 1. The molecule has 19 heavy (non-hydrogen) atoms.